The van der Waals surface area contributed by atoms with Crippen LogP contribution in [0.5, 0.6) is 0 Å². The molecule has 0 saturated carbocycles. The fourth-order valence-electron chi connectivity index (χ4n) is 1.72. The summed E-state index contributed by atoms with van der Waals surface area (Å²) in [6, 6.07) is 6.09. The molecule has 0 saturated heterocycles. The predicted molar refractivity (Wildman–Crippen MR) is 76.3 cm³/mol. The van der Waals surface area contributed by atoms with Crippen molar-refractivity contribution in [2.75, 3.05) is 11.9 Å². The van der Waals surface area contributed by atoms with Crippen molar-refractivity contribution >= 4 is 21.6 Å². The third-order valence-corrected chi connectivity index (χ3v) is 3.45. The lowest BCUT2D eigenvalue weighted by atomic mass is 9.88. The number of nitrogens with zero attached hydrogens (tertiary/aromatic N) is 1. The number of nitrogens with one attached hydrogen (secondary N) is 1. The Kier molecular flexibility index (Phi) is 5.46. The molecule has 0 heterocycles. The van der Waals surface area contributed by atoms with Gasteiger partial charge in [-0.25, -0.2) is 0 Å². The monoisotopic (exact) mass is 348 g/mol. The zero-order valence-electron chi connectivity index (χ0n) is 11.3. The van der Waals surface area contributed by atoms with Gasteiger partial charge in [0, 0.05) is 23.1 Å². The van der Waals surface area contributed by atoms with Crippen molar-refractivity contribution in [3.05, 3.63) is 28.2 Å². The van der Waals surface area contributed by atoms with Gasteiger partial charge in [-0.15, -0.1) is 0 Å². The Labute approximate surface area is 125 Å². The lowest BCUT2D eigenvalue weighted by molar-refractivity contribution is -0.137. The Morgan fingerprint density at radius 1 is 1.30 bits per heavy atom. The minimum absolute atomic E-state index is 0.0609. The van der Waals surface area contributed by atoms with Gasteiger partial charge in [0.05, 0.1) is 11.6 Å². The molecule has 1 rings (SSSR count). The van der Waals surface area contributed by atoms with Gasteiger partial charge in [0.2, 0.25) is 0 Å². The molecule has 0 aliphatic rings. The Balaban J connectivity index is 2.86. The van der Waals surface area contributed by atoms with Crippen molar-refractivity contribution in [3.8, 4) is 6.07 Å². The van der Waals surface area contributed by atoms with Crippen molar-refractivity contribution < 1.29 is 13.2 Å². The Bertz CT molecular complexity index is 504. The molecule has 6 heteroatoms. The molecule has 0 spiro atoms. The van der Waals surface area contributed by atoms with Crippen molar-refractivity contribution in [1.82, 2.24) is 0 Å². The first-order chi connectivity index (χ1) is 9.15. The van der Waals surface area contributed by atoms with Crippen molar-refractivity contribution in [1.29, 1.82) is 5.26 Å². The first-order valence-electron chi connectivity index (χ1n) is 6.13. The maximum absolute atomic E-state index is 12.9. The lowest BCUT2D eigenvalue weighted by Crippen LogP contribution is -2.24. The average molecular weight is 349 g/mol. The Hall–Kier alpha value is -1.22. The molecule has 0 aliphatic heterocycles. The van der Waals surface area contributed by atoms with E-state index in [1.807, 2.05) is 13.8 Å². The van der Waals surface area contributed by atoms with Gasteiger partial charge in [0.25, 0.3) is 0 Å². The minimum Gasteiger partial charge on any atom is -0.384 e. The zero-order valence-corrected chi connectivity index (χ0v) is 12.9. The molecule has 0 amide bonds. The molecule has 1 aromatic carbocycles. The summed E-state index contributed by atoms with van der Waals surface area (Å²) in [4.78, 5) is 0. The molecule has 0 aromatic heterocycles. The number of halogens is 4. The van der Waals surface area contributed by atoms with Crippen LogP contribution in [-0.2, 0) is 6.18 Å². The average Bonchev–Trinajstić information content (AvgIpc) is 2.34. The van der Waals surface area contributed by atoms with E-state index in [4.69, 9.17) is 5.26 Å². The number of alkyl halides is 3. The highest BCUT2D eigenvalue weighted by atomic mass is 79.9. The second kappa shape index (κ2) is 6.49. The largest absolute Gasteiger partial charge is 0.418 e. The molecule has 1 N–H and O–H groups in total. The highest BCUT2D eigenvalue weighted by Gasteiger charge is 2.34. The van der Waals surface area contributed by atoms with Gasteiger partial charge in [-0.3, -0.25) is 0 Å². The summed E-state index contributed by atoms with van der Waals surface area (Å²) in [6.07, 6.45) is -3.38. The van der Waals surface area contributed by atoms with Crippen molar-refractivity contribution in [2.45, 2.75) is 32.9 Å². The molecule has 0 fully saturated rings. The second-order valence-corrected chi connectivity index (χ2v) is 6.28. The zero-order chi connectivity index (χ0) is 15.4. The summed E-state index contributed by atoms with van der Waals surface area (Å²) in [5, 5.41) is 11.4. The maximum atomic E-state index is 12.9. The van der Waals surface area contributed by atoms with E-state index >= 15 is 0 Å². The fraction of sp³-hybridized carbons (Fsp3) is 0.500. The molecule has 1 aromatic rings. The first kappa shape index (κ1) is 16.8. The van der Waals surface area contributed by atoms with Gasteiger partial charge in [-0.2, -0.15) is 18.4 Å². The number of nitriles is 1. The summed E-state index contributed by atoms with van der Waals surface area (Å²) >= 11 is 3.05. The fourth-order valence-corrected chi connectivity index (χ4v) is 2.08. The summed E-state index contributed by atoms with van der Waals surface area (Å²) < 4.78 is 39.2. The van der Waals surface area contributed by atoms with E-state index in [9.17, 15) is 13.2 Å². The molecule has 0 atom stereocenters. The molecular formula is C14H16BrF3N2. The van der Waals surface area contributed by atoms with Gasteiger partial charge in [0.1, 0.15) is 0 Å². The molecule has 0 radical (unpaired) electrons. The highest BCUT2D eigenvalue weighted by molar-refractivity contribution is 9.10. The van der Waals surface area contributed by atoms with Crippen LogP contribution in [0.25, 0.3) is 0 Å². The summed E-state index contributed by atoms with van der Waals surface area (Å²) in [6.45, 7) is 4.21. The van der Waals surface area contributed by atoms with Crippen LogP contribution in [0.15, 0.2) is 22.7 Å². The van der Waals surface area contributed by atoms with Gasteiger partial charge in [-0.1, -0.05) is 29.8 Å². The topological polar surface area (TPSA) is 35.8 Å². The molecule has 0 aliphatic carbocycles. The van der Waals surface area contributed by atoms with Crippen LogP contribution in [-0.4, -0.2) is 6.54 Å². The Morgan fingerprint density at radius 2 is 1.95 bits per heavy atom. The van der Waals surface area contributed by atoms with E-state index in [0.717, 1.165) is 6.07 Å². The summed E-state index contributed by atoms with van der Waals surface area (Å²) in [5.41, 5.74) is -0.875. The highest BCUT2D eigenvalue weighted by Crippen LogP contribution is 2.37. The van der Waals surface area contributed by atoms with Gasteiger partial charge < -0.3 is 5.32 Å². The molecular weight excluding hydrogens is 333 g/mol. The van der Waals surface area contributed by atoms with E-state index in [1.165, 1.54) is 6.07 Å². The van der Waals surface area contributed by atoms with E-state index in [-0.39, 0.29) is 11.1 Å². The number of hydrogen-bond acceptors (Lipinski definition) is 2. The van der Waals surface area contributed by atoms with Crippen LogP contribution in [0.2, 0.25) is 0 Å². The number of anilines is 1. The summed E-state index contributed by atoms with van der Waals surface area (Å²) in [5.74, 6) is 0. The lowest BCUT2D eigenvalue weighted by Gasteiger charge is -2.25. The number of benzene rings is 1. The van der Waals surface area contributed by atoms with E-state index in [0.29, 0.717) is 23.9 Å². The number of rotatable bonds is 5. The molecule has 110 valence electrons. The van der Waals surface area contributed by atoms with Crippen LogP contribution in [0.1, 0.15) is 32.3 Å². The normalized spacial score (nSPS) is 12.1. The van der Waals surface area contributed by atoms with Crippen molar-refractivity contribution in [3.63, 3.8) is 0 Å². The summed E-state index contributed by atoms with van der Waals surface area (Å²) in [7, 11) is 0. The predicted octanol–water partition coefficient (Wildman–Crippen LogP) is 5.21. The maximum Gasteiger partial charge on any atom is 0.418 e. The van der Waals surface area contributed by atoms with Crippen LogP contribution < -0.4 is 5.32 Å². The van der Waals surface area contributed by atoms with Crippen LogP contribution in [0, 0.1) is 16.7 Å². The SMILES string of the molecule is CC(C)(CCC#N)CNc1ccc(Br)cc1C(F)(F)F. The third-order valence-electron chi connectivity index (χ3n) is 2.96. The Morgan fingerprint density at radius 3 is 2.50 bits per heavy atom. The second-order valence-electron chi connectivity index (χ2n) is 5.36. The third kappa shape index (κ3) is 5.04. The first-order valence-corrected chi connectivity index (χ1v) is 6.92. The minimum atomic E-state index is -4.40. The van der Waals surface area contributed by atoms with Gasteiger partial charge >= 0.3 is 6.18 Å². The quantitative estimate of drug-likeness (QED) is 0.792. The van der Waals surface area contributed by atoms with E-state index in [2.05, 4.69) is 27.3 Å². The van der Waals surface area contributed by atoms with Crippen LogP contribution >= 0.6 is 15.9 Å². The van der Waals surface area contributed by atoms with Gasteiger partial charge in [-0.05, 0) is 30.0 Å². The smallest absolute Gasteiger partial charge is 0.384 e. The molecule has 0 bridgehead atoms. The molecule has 20 heavy (non-hydrogen) atoms. The van der Waals surface area contributed by atoms with Crippen LogP contribution in [0.3, 0.4) is 0 Å². The van der Waals surface area contributed by atoms with E-state index in [1.54, 1.807) is 6.07 Å². The van der Waals surface area contributed by atoms with Crippen molar-refractivity contribution in [2.24, 2.45) is 5.41 Å². The molecule has 2 nitrogen and oxygen atoms in total. The standard InChI is InChI=1S/C14H16BrF3N2/c1-13(2,6-3-7-19)9-20-12-5-4-10(15)8-11(12)14(16,17)18/h4-5,8,20H,3,6,9H2,1-2H3. The number of hydrogen-bond donors (Lipinski definition) is 1. The molecule has 0 unspecified atom stereocenters. The van der Waals surface area contributed by atoms with E-state index < -0.39 is 11.7 Å². The van der Waals surface area contributed by atoms with Crippen LogP contribution in [0.4, 0.5) is 18.9 Å². The van der Waals surface area contributed by atoms with Gasteiger partial charge in [0.15, 0.2) is 0 Å².